The normalized spacial score (nSPS) is 13.9. The molecule has 0 radical (unpaired) electrons. The Kier molecular flexibility index (Phi) is 5.68. The van der Waals surface area contributed by atoms with Crippen molar-refractivity contribution in [2.24, 2.45) is 0 Å². The van der Waals surface area contributed by atoms with Crippen molar-refractivity contribution >= 4 is 34.8 Å². The number of rotatable bonds is 6. The number of thiophene rings is 2. The summed E-state index contributed by atoms with van der Waals surface area (Å²) in [7, 11) is 0. The second-order valence-electron chi connectivity index (χ2n) is 6.45. The molecule has 138 valence electrons. The molecule has 2 heterocycles. The van der Waals surface area contributed by atoms with E-state index in [1.807, 2.05) is 102 Å². The lowest BCUT2D eigenvalue weighted by Crippen LogP contribution is -2.19. The van der Waals surface area contributed by atoms with E-state index in [-0.39, 0.29) is 0 Å². The third-order valence-corrected chi connectivity index (χ3v) is 6.46. The van der Waals surface area contributed by atoms with Gasteiger partial charge in [-0.1, -0.05) is 78.9 Å². The van der Waals surface area contributed by atoms with Crippen LogP contribution in [0.5, 0.6) is 0 Å². The first-order valence-electron chi connectivity index (χ1n) is 9.07. The smallest absolute Gasteiger partial charge is 0.128 e. The van der Waals surface area contributed by atoms with Gasteiger partial charge in [0.2, 0.25) is 0 Å². The molecule has 1 nitrogen and oxygen atoms in total. The number of hydrogen-bond acceptors (Lipinski definition) is 3. The number of benzene rings is 2. The SMILES string of the molecule is OC(C=Cc1ccccc1)(C=Cc1ccccc1)c1ccsc1-c1cccs1. The lowest BCUT2D eigenvalue weighted by molar-refractivity contribution is 0.146. The predicted molar refractivity (Wildman–Crippen MR) is 122 cm³/mol. The van der Waals surface area contributed by atoms with Gasteiger partial charge in [-0.2, -0.15) is 0 Å². The maximum atomic E-state index is 11.7. The summed E-state index contributed by atoms with van der Waals surface area (Å²) in [6.45, 7) is 0. The van der Waals surface area contributed by atoms with E-state index in [0.717, 1.165) is 21.6 Å². The van der Waals surface area contributed by atoms with Gasteiger partial charge in [0.15, 0.2) is 0 Å². The van der Waals surface area contributed by atoms with Crippen LogP contribution >= 0.6 is 22.7 Å². The van der Waals surface area contributed by atoms with E-state index in [1.54, 1.807) is 22.7 Å². The Labute approximate surface area is 173 Å². The summed E-state index contributed by atoms with van der Waals surface area (Å²) in [5.41, 5.74) is 1.81. The van der Waals surface area contributed by atoms with E-state index in [2.05, 4.69) is 11.4 Å². The van der Waals surface area contributed by atoms with Crippen LogP contribution in [0.3, 0.4) is 0 Å². The molecule has 0 spiro atoms. The first-order chi connectivity index (χ1) is 13.7. The highest BCUT2D eigenvalue weighted by Crippen LogP contribution is 2.40. The quantitative estimate of drug-likeness (QED) is 0.366. The maximum absolute atomic E-state index is 11.7. The molecule has 0 amide bonds. The highest BCUT2D eigenvalue weighted by molar-refractivity contribution is 7.20. The average molecular weight is 401 g/mol. The Bertz CT molecular complexity index is 1010. The molecular formula is C25H20OS2. The van der Waals surface area contributed by atoms with Crippen LogP contribution in [0.2, 0.25) is 0 Å². The van der Waals surface area contributed by atoms with Gasteiger partial charge in [0, 0.05) is 10.4 Å². The summed E-state index contributed by atoms with van der Waals surface area (Å²) in [5.74, 6) is 0. The van der Waals surface area contributed by atoms with Crippen LogP contribution in [0.4, 0.5) is 0 Å². The Hall–Kier alpha value is -2.72. The second-order valence-corrected chi connectivity index (χ2v) is 8.32. The van der Waals surface area contributed by atoms with Gasteiger partial charge < -0.3 is 5.11 Å². The molecule has 0 aliphatic carbocycles. The van der Waals surface area contributed by atoms with E-state index < -0.39 is 5.60 Å². The van der Waals surface area contributed by atoms with Gasteiger partial charge in [0.1, 0.15) is 5.60 Å². The van der Waals surface area contributed by atoms with Crippen molar-refractivity contribution in [1.82, 2.24) is 0 Å². The molecule has 0 bridgehead atoms. The molecule has 3 heteroatoms. The zero-order chi connectivity index (χ0) is 19.2. The zero-order valence-electron chi connectivity index (χ0n) is 15.2. The minimum atomic E-state index is -1.20. The standard InChI is InChI=1S/C25H20OS2/c26-25(16-13-20-8-3-1-4-9-20,17-14-21-10-5-2-6-11-21)22-15-19-28-24(22)23-12-7-18-27-23/h1-19,26H. The molecule has 0 aliphatic rings. The van der Waals surface area contributed by atoms with Crippen molar-refractivity contribution in [2.45, 2.75) is 5.60 Å². The summed E-state index contributed by atoms with van der Waals surface area (Å²) in [5, 5.41) is 15.8. The van der Waals surface area contributed by atoms with Gasteiger partial charge in [-0.3, -0.25) is 0 Å². The minimum Gasteiger partial charge on any atom is -0.377 e. The van der Waals surface area contributed by atoms with Crippen molar-refractivity contribution < 1.29 is 5.11 Å². The van der Waals surface area contributed by atoms with Gasteiger partial charge in [-0.25, -0.2) is 0 Å². The Balaban J connectivity index is 1.77. The fourth-order valence-electron chi connectivity index (χ4n) is 3.03. The molecule has 2 aromatic heterocycles. The molecule has 0 unspecified atom stereocenters. The fraction of sp³-hybridized carbons (Fsp3) is 0.0400. The summed E-state index contributed by atoms with van der Waals surface area (Å²) >= 11 is 3.35. The van der Waals surface area contributed by atoms with Crippen LogP contribution in [0, 0.1) is 0 Å². The highest BCUT2D eigenvalue weighted by Gasteiger charge is 2.27. The molecule has 4 aromatic rings. The first kappa shape index (κ1) is 18.6. The molecule has 0 atom stereocenters. The van der Waals surface area contributed by atoms with Crippen LogP contribution in [0.1, 0.15) is 16.7 Å². The topological polar surface area (TPSA) is 20.2 Å². The average Bonchev–Trinajstić information content (AvgIpc) is 3.44. The van der Waals surface area contributed by atoms with E-state index in [9.17, 15) is 5.11 Å². The Morgan fingerprint density at radius 1 is 0.643 bits per heavy atom. The van der Waals surface area contributed by atoms with E-state index >= 15 is 0 Å². The molecule has 0 aliphatic heterocycles. The van der Waals surface area contributed by atoms with Crippen molar-refractivity contribution in [3.8, 4) is 9.75 Å². The Morgan fingerprint density at radius 2 is 1.25 bits per heavy atom. The largest absolute Gasteiger partial charge is 0.377 e. The highest BCUT2D eigenvalue weighted by atomic mass is 32.1. The lowest BCUT2D eigenvalue weighted by atomic mass is 9.91. The third-order valence-electron chi connectivity index (χ3n) is 4.50. The molecule has 28 heavy (non-hydrogen) atoms. The monoisotopic (exact) mass is 400 g/mol. The first-order valence-corrected chi connectivity index (χ1v) is 10.8. The summed E-state index contributed by atoms with van der Waals surface area (Å²) in [6.07, 6.45) is 7.71. The summed E-state index contributed by atoms with van der Waals surface area (Å²) in [6, 6.07) is 26.3. The van der Waals surface area contributed by atoms with E-state index in [0.29, 0.717) is 0 Å². The predicted octanol–water partition coefficient (Wildman–Crippen LogP) is 7.09. The van der Waals surface area contributed by atoms with Crippen LogP contribution in [0.15, 0.2) is 102 Å². The zero-order valence-corrected chi connectivity index (χ0v) is 16.9. The Morgan fingerprint density at radius 3 is 1.79 bits per heavy atom. The van der Waals surface area contributed by atoms with Crippen molar-refractivity contribution in [2.75, 3.05) is 0 Å². The van der Waals surface area contributed by atoms with E-state index in [1.165, 1.54) is 4.88 Å². The molecular weight excluding hydrogens is 380 g/mol. The minimum absolute atomic E-state index is 0.902. The van der Waals surface area contributed by atoms with Crippen molar-refractivity contribution in [3.05, 3.63) is 118 Å². The molecule has 4 rings (SSSR count). The number of aliphatic hydroxyl groups is 1. The molecule has 0 fully saturated rings. The molecule has 2 aromatic carbocycles. The van der Waals surface area contributed by atoms with Gasteiger partial charge in [0.05, 0.1) is 4.88 Å². The van der Waals surface area contributed by atoms with Crippen LogP contribution in [-0.2, 0) is 5.60 Å². The van der Waals surface area contributed by atoms with E-state index in [4.69, 9.17) is 0 Å². The van der Waals surface area contributed by atoms with Crippen molar-refractivity contribution in [3.63, 3.8) is 0 Å². The van der Waals surface area contributed by atoms with Gasteiger partial charge in [0.25, 0.3) is 0 Å². The molecule has 0 saturated carbocycles. The lowest BCUT2D eigenvalue weighted by Gasteiger charge is -2.22. The fourth-order valence-corrected chi connectivity index (χ4v) is 4.88. The van der Waals surface area contributed by atoms with Crippen LogP contribution in [-0.4, -0.2) is 5.11 Å². The van der Waals surface area contributed by atoms with Crippen molar-refractivity contribution in [1.29, 1.82) is 0 Å². The van der Waals surface area contributed by atoms with Gasteiger partial charge >= 0.3 is 0 Å². The summed E-state index contributed by atoms with van der Waals surface area (Å²) < 4.78 is 0. The number of hydrogen-bond donors (Lipinski definition) is 1. The molecule has 0 saturated heterocycles. The van der Waals surface area contributed by atoms with Crippen LogP contribution < -0.4 is 0 Å². The second kappa shape index (κ2) is 8.53. The van der Waals surface area contributed by atoms with Gasteiger partial charge in [-0.15, -0.1) is 22.7 Å². The summed E-state index contributed by atoms with van der Waals surface area (Å²) in [4.78, 5) is 2.28. The van der Waals surface area contributed by atoms with Crippen LogP contribution in [0.25, 0.3) is 21.9 Å². The van der Waals surface area contributed by atoms with Gasteiger partial charge in [-0.05, 0) is 46.2 Å². The third kappa shape index (κ3) is 4.23. The maximum Gasteiger partial charge on any atom is 0.128 e. The molecule has 1 N–H and O–H groups in total.